The van der Waals surface area contributed by atoms with Crippen molar-refractivity contribution in [2.24, 2.45) is 0 Å². The van der Waals surface area contributed by atoms with Crippen LogP contribution >= 0.6 is 15.9 Å². The van der Waals surface area contributed by atoms with Gasteiger partial charge in [-0.3, -0.25) is 9.69 Å². The van der Waals surface area contributed by atoms with Crippen molar-refractivity contribution >= 4 is 21.8 Å². The Bertz CT molecular complexity index is 508. The highest BCUT2D eigenvalue weighted by Crippen LogP contribution is 2.25. The van der Waals surface area contributed by atoms with E-state index < -0.39 is 0 Å². The molecule has 3 rings (SSSR count). The molecule has 1 aromatic carbocycles. The second kappa shape index (κ2) is 5.21. The Morgan fingerprint density at radius 2 is 2.16 bits per heavy atom. The second-order valence-corrected chi connectivity index (χ2v) is 6.06. The molecule has 0 N–H and O–H groups in total. The van der Waals surface area contributed by atoms with Crippen molar-refractivity contribution in [3.8, 4) is 0 Å². The Morgan fingerprint density at radius 1 is 1.32 bits per heavy atom. The largest absolute Gasteiger partial charge is 0.336 e. The van der Waals surface area contributed by atoms with E-state index in [9.17, 15) is 9.18 Å². The number of piperazine rings is 1. The number of carbonyl (C=O) groups is 1. The molecule has 0 bridgehead atoms. The Kier molecular flexibility index (Phi) is 3.58. The van der Waals surface area contributed by atoms with Gasteiger partial charge in [0.25, 0.3) is 5.91 Å². The molecule has 1 unspecified atom stereocenters. The summed E-state index contributed by atoms with van der Waals surface area (Å²) >= 11 is 3.27. The van der Waals surface area contributed by atoms with Gasteiger partial charge in [-0.15, -0.1) is 0 Å². The minimum atomic E-state index is -0.330. The first-order valence-corrected chi connectivity index (χ1v) is 7.43. The minimum Gasteiger partial charge on any atom is -0.336 e. The standard InChI is InChI=1S/C14H16BrFN2O/c15-13-8-10(16)3-4-12(13)14(19)18-7-6-17-5-1-2-11(17)9-18/h3-4,8,11H,1-2,5-7,9H2. The third kappa shape index (κ3) is 2.54. The van der Waals surface area contributed by atoms with Crippen molar-refractivity contribution in [2.45, 2.75) is 18.9 Å². The molecule has 1 atom stereocenters. The molecule has 1 amide bonds. The molecular weight excluding hydrogens is 311 g/mol. The summed E-state index contributed by atoms with van der Waals surface area (Å²) in [6.07, 6.45) is 2.40. The maximum atomic E-state index is 13.1. The number of carbonyl (C=O) groups excluding carboxylic acids is 1. The van der Waals surface area contributed by atoms with Crippen LogP contribution in [0.1, 0.15) is 23.2 Å². The van der Waals surface area contributed by atoms with Gasteiger partial charge in [0, 0.05) is 30.1 Å². The Labute approximate surface area is 120 Å². The van der Waals surface area contributed by atoms with E-state index in [1.54, 1.807) is 6.07 Å². The summed E-state index contributed by atoms with van der Waals surface area (Å²) in [6.45, 7) is 3.67. The van der Waals surface area contributed by atoms with Gasteiger partial charge in [-0.1, -0.05) is 0 Å². The van der Waals surface area contributed by atoms with E-state index in [0.717, 1.165) is 26.2 Å². The lowest BCUT2D eigenvalue weighted by Crippen LogP contribution is -2.52. The van der Waals surface area contributed by atoms with Crippen LogP contribution in [0.2, 0.25) is 0 Å². The predicted molar refractivity (Wildman–Crippen MR) is 74.6 cm³/mol. The van der Waals surface area contributed by atoms with E-state index >= 15 is 0 Å². The summed E-state index contributed by atoms with van der Waals surface area (Å²) in [5.74, 6) is -0.331. The van der Waals surface area contributed by atoms with Gasteiger partial charge < -0.3 is 4.90 Å². The SMILES string of the molecule is O=C(c1ccc(F)cc1Br)N1CCN2CCCC2C1. The molecule has 0 saturated carbocycles. The molecule has 102 valence electrons. The Morgan fingerprint density at radius 3 is 2.95 bits per heavy atom. The Balaban J connectivity index is 1.76. The van der Waals surface area contributed by atoms with Crippen LogP contribution in [0.5, 0.6) is 0 Å². The van der Waals surface area contributed by atoms with Crippen molar-refractivity contribution < 1.29 is 9.18 Å². The minimum absolute atomic E-state index is 0.00146. The number of halogens is 2. The van der Waals surface area contributed by atoms with Crippen LogP contribution < -0.4 is 0 Å². The molecule has 2 aliphatic heterocycles. The molecule has 3 nitrogen and oxygen atoms in total. The number of amides is 1. The van der Waals surface area contributed by atoms with Crippen LogP contribution in [-0.4, -0.2) is 47.9 Å². The second-order valence-electron chi connectivity index (χ2n) is 5.21. The maximum Gasteiger partial charge on any atom is 0.255 e. The highest BCUT2D eigenvalue weighted by molar-refractivity contribution is 9.10. The smallest absolute Gasteiger partial charge is 0.255 e. The molecule has 5 heteroatoms. The van der Waals surface area contributed by atoms with Crippen LogP contribution in [0.15, 0.2) is 22.7 Å². The van der Waals surface area contributed by atoms with E-state index in [1.165, 1.54) is 25.0 Å². The van der Waals surface area contributed by atoms with Crippen molar-refractivity contribution in [2.75, 3.05) is 26.2 Å². The van der Waals surface area contributed by atoms with E-state index in [-0.39, 0.29) is 11.7 Å². The lowest BCUT2D eigenvalue weighted by Gasteiger charge is -2.37. The maximum absolute atomic E-state index is 13.1. The van der Waals surface area contributed by atoms with Gasteiger partial charge in [-0.05, 0) is 53.5 Å². The molecule has 2 saturated heterocycles. The Hall–Kier alpha value is -0.940. The van der Waals surface area contributed by atoms with Crippen LogP contribution in [0, 0.1) is 5.82 Å². The summed E-state index contributed by atoms with van der Waals surface area (Å²) in [6, 6.07) is 4.75. The van der Waals surface area contributed by atoms with Crippen molar-refractivity contribution in [3.05, 3.63) is 34.1 Å². The first-order valence-electron chi connectivity index (χ1n) is 6.63. The van der Waals surface area contributed by atoms with Gasteiger partial charge in [0.15, 0.2) is 0 Å². The van der Waals surface area contributed by atoms with Gasteiger partial charge in [0.2, 0.25) is 0 Å². The number of nitrogens with zero attached hydrogens (tertiary/aromatic N) is 2. The molecule has 0 aliphatic carbocycles. The number of rotatable bonds is 1. The number of fused-ring (bicyclic) bond motifs is 1. The van der Waals surface area contributed by atoms with Crippen LogP contribution in [0.25, 0.3) is 0 Å². The topological polar surface area (TPSA) is 23.6 Å². The highest BCUT2D eigenvalue weighted by atomic mass is 79.9. The van der Waals surface area contributed by atoms with Crippen LogP contribution in [0.4, 0.5) is 4.39 Å². The third-order valence-electron chi connectivity index (χ3n) is 4.04. The number of benzene rings is 1. The fourth-order valence-electron chi connectivity index (χ4n) is 3.01. The molecule has 0 spiro atoms. The van der Waals surface area contributed by atoms with Crippen LogP contribution in [0.3, 0.4) is 0 Å². The first-order chi connectivity index (χ1) is 9.15. The molecule has 0 aromatic heterocycles. The van der Waals surface area contributed by atoms with Gasteiger partial charge in [-0.25, -0.2) is 4.39 Å². The van der Waals surface area contributed by atoms with E-state index in [2.05, 4.69) is 20.8 Å². The van der Waals surface area contributed by atoms with E-state index in [1.807, 2.05) is 4.90 Å². The summed E-state index contributed by atoms with van der Waals surface area (Å²) in [5.41, 5.74) is 0.549. The van der Waals surface area contributed by atoms with E-state index in [4.69, 9.17) is 0 Å². The zero-order chi connectivity index (χ0) is 13.4. The van der Waals surface area contributed by atoms with Gasteiger partial charge in [0.05, 0.1) is 5.56 Å². The zero-order valence-electron chi connectivity index (χ0n) is 10.6. The molecule has 2 fully saturated rings. The highest BCUT2D eigenvalue weighted by Gasteiger charge is 2.33. The molecular formula is C14H16BrFN2O. The molecule has 2 aliphatic rings. The summed E-state index contributed by atoms with van der Waals surface area (Å²) in [5, 5.41) is 0. The van der Waals surface area contributed by atoms with Gasteiger partial charge in [0.1, 0.15) is 5.82 Å². The average Bonchev–Trinajstić information content (AvgIpc) is 2.85. The monoisotopic (exact) mass is 326 g/mol. The number of hydrogen-bond donors (Lipinski definition) is 0. The molecule has 2 heterocycles. The third-order valence-corrected chi connectivity index (χ3v) is 4.69. The lowest BCUT2D eigenvalue weighted by atomic mass is 10.1. The quantitative estimate of drug-likeness (QED) is 0.791. The summed E-state index contributed by atoms with van der Waals surface area (Å²) in [4.78, 5) is 16.8. The fourth-order valence-corrected chi connectivity index (χ4v) is 3.53. The first kappa shape index (κ1) is 13.1. The molecule has 19 heavy (non-hydrogen) atoms. The lowest BCUT2D eigenvalue weighted by molar-refractivity contribution is 0.0570. The normalized spacial score (nSPS) is 23.5. The molecule has 1 aromatic rings. The van der Waals surface area contributed by atoms with Crippen molar-refractivity contribution in [3.63, 3.8) is 0 Å². The summed E-state index contributed by atoms with van der Waals surface area (Å²) in [7, 11) is 0. The van der Waals surface area contributed by atoms with Gasteiger partial charge in [-0.2, -0.15) is 0 Å². The van der Waals surface area contributed by atoms with Gasteiger partial charge >= 0.3 is 0 Å². The fraction of sp³-hybridized carbons (Fsp3) is 0.500. The van der Waals surface area contributed by atoms with E-state index in [0.29, 0.717) is 16.1 Å². The predicted octanol–water partition coefficient (Wildman–Crippen LogP) is 2.51. The average molecular weight is 327 g/mol. The zero-order valence-corrected chi connectivity index (χ0v) is 12.2. The number of hydrogen-bond acceptors (Lipinski definition) is 2. The van der Waals surface area contributed by atoms with Crippen molar-refractivity contribution in [1.82, 2.24) is 9.80 Å². The molecule has 0 radical (unpaired) electrons. The summed E-state index contributed by atoms with van der Waals surface area (Å²) < 4.78 is 13.6. The van der Waals surface area contributed by atoms with Crippen molar-refractivity contribution in [1.29, 1.82) is 0 Å². The van der Waals surface area contributed by atoms with Crippen LogP contribution in [-0.2, 0) is 0 Å².